The molecule has 1 unspecified atom stereocenters. The van der Waals surface area contributed by atoms with Crippen LogP contribution in [-0.4, -0.2) is 20.2 Å². The molecule has 0 amide bonds. The molecule has 0 bridgehead atoms. The molecule has 4 N–H and O–H groups in total. The molecular formula is C16H14N2O3. The van der Waals surface area contributed by atoms with E-state index in [1.165, 1.54) is 0 Å². The monoisotopic (exact) mass is 282 g/mol. The molecule has 0 radical (unpaired) electrons. The zero-order valence-corrected chi connectivity index (χ0v) is 11.1. The lowest BCUT2D eigenvalue weighted by Gasteiger charge is -2.10. The van der Waals surface area contributed by atoms with Crippen LogP contribution in [0.25, 0.3) is 11.1 Å². The predicted molar refractivity (Wildman–Crippen MR) is 79.0 cm³/mol. The molecule has 3 rings (SSSR count). The lowest BCUT2D eigenvalue weighted by atomic mass is 10.0. The molecule has 0 saturated carbocycles. The Balaban J connectivity index is 1.91. The van der Waals surface area contributed by atoms with E-state index < -0.39 is 11.8 Å². The number of aromatic hydroxyl groups is 1. The summed E-state index contributed by atoms with van der Waals surface area (Å²) in [7, 11) is 0. The molecule has 0 saturated heterocycles. The van der Waals surface area contributed by atoms with Gasteiger partial charge in [0.15, 0.2) is 0 Å². The first-order valence-corrected chi connectivity index (χ1v) is 6.50. The first kappa shape index (κ1) is 13.2. The number of aliphatic hydroxyl groups is 1. The number of benzene rings is 2. The molecule has 1 aromatic heterocycles. The third kappa shape index (κ3) is 2.59. The SMILES string of the molecule is O=c1[nH]c(O)c(C(O)c2ccc(-c3ccccc3)cc2)[nH]1. The number of hydrogen-bond acceptors (Lipinski definition) is 3. The molecule has 3 aromatic rings. The zero-order chi connectivity index (χ0) is 14.8. The van der Waals surface area contributed by atoms with Crippen LogP contribution in [0.5, 0.6) is 5.88 Å². The number of aromatic nitrogens is 2. The van der Waals surface area contributed by atoms with E-state index in [9.17, 15) is 15.0 Å². The highest BCUT2D eigenvalue weighted by molar-refractivity contribution is 5.63. The van der Waals surface area contributed by atoms with Crippen molar-refractivity contribution in [2.75, 3.05) is 0 Å². The zero-order valence-electron chi connectivity index (χ0n) is 11.1. The summed E-state index contributed by atoms with van der Waals surface area (Å²) in [5.74, 6) is -0.348. The van der Waals surface area contributed by atoms with Crippen LogP contribution in [0, 0.1) is 0 Å². The van der Waals surface area contributed by atoms with Gasteiger partial charge in [0.05, 0.1) is 0 Å². The Morgan fingerprint density at radius 1 is 0.857 bits per heavy atom. The summed E-state index contributed by atoms with van der Waals surface area (Å²) in [6.07, 6.45) is -1.09. The average molecular weight is 282 g/mol. The molecule has 1 atom stereocenters. The first-order valence-electron chi connectivity index (χ1n) is 6.50. The molecule has 106 valence electrons. The van der Waals surface area contributed by atoms with Gasteiger partial charge >= 0.3 is 5.69 Å². The van der Waals surface area contributed by atoms with Gasteiger partial charge in [-0.05, 0) is 16.7 Å². The summed E-state index contributed by atoms with van der Waals surface area (Å²) >= 11 is 0. The summed E-state index contributed by atoms with van der Waals surface area (Å²) in [5, 5.41) is 19.7. The number of hydrogen-bond donors (Lipinski definition) is 4. The Kier molecular flexibility index (Phi) is 3.33. The molecule has 0 aliphatic carbocycles. The van der Waals surface area contributed by atoms with Gasteiger partial charge in [-0.1, -0.05) is 54.6 Å². The standard InChI is InChI=1S/C16H14N2O3/c19-14(13-15(20)18-16(21)17-13)12-8-6-11(7-9-12)10-4-2-1-3-5-10/h1-9,14,19-20H,(H2,17,18,21). The highest BCUT2D eigenvalue weighted by Gasteiger charge is 2.17. The van der Waals surface area contributed by atoms with E-state index in [1.807, 2.05) is 42.5 Å². The van der Waals surface area contributed by atoms with Crippen molar-refractivity contribution in [2.24, 2.45) is 0 Å². The second kappa shape index (κ2) is 5.30. The van der Waals surface area contributed by atoms with E-state index in [0.717, 1.165) is 11.1 Å². The van der Waals surface area contributed by atoms with Gasteiger partial charge in [-0.25, -0.2) is 4.79 Å². The Morgan fingerprint density at radius 2 is 1.48 bits per heavy atom. The molecule has 0 fully saturated rings. The quantitative estimate of drug-likeness (QED) is 0.593. The van der Waals surface area contributed by atoms with Gasteiger partial charge in [0.1, 0.15) is 11.8 Å². The second-order valence-corrected chi connectivity index (χ2v) is 4.73. The minimum absolute atomic E-state index is 0.0625. The number of aliphatic hydroxyl groups excluding tert-OH is 1. The summed E-state index contributed by atoms with van der Waals surface area (Å²) < 4.78 is 0. The van der Waals surface area contributed by atoms with Gasteiger partial charge in [-0.3, -0.25) is 4.98 Å². The van der Waals surface area contributed by atoms with Crippen LogP contribution in [0.4, 0.5) is 0 Å². The van der Waals surface area contributed by atoms with Crippen LogP contribution in [0.3, 0.4) is 0 Å². The van der Waals surface area contributed by atoms with Crippen molar-refractivity contribution in [3.05, 3.63) is 76.3 Å². The summed E-state index contributed by atoms with van der Waals surface area (Å²) in [6, 6.07) is 17.2. The average Bonchev–Trinajstić information content (AvgIpc) is 2.86. The van der Waals surface area contributed by atoms with Crippen molar-refractivity contribution in [3.8, 4) is 17.0 Å². The van der Waals surface area contributed by atoms with Crippen LogP contribution < -0.4 is 5.69 Å². The normalized spacial score (nSPS) is 12.2. The number of aromatic amines is 2. The van der Waals surface area contributed by atoms with Crippen LogP contribution in [0.1, 0.15) is 17.4 Å². The van der Waals surface area contributed by atoms with Gasteiger partial charge in [0.2, 0.25) is 5.88 Å². The number of rotatable bonds is 3. The van der Waals surface area contributed by atoms with Gasteiger partial charge in [-0.2, -0.15) is 0 Å². The molecule has 5 heteroatoms. The minimum atomic E-state index is -1.09. The Bertz CT molecular complexity index is 788. The van der Waals surface area contributed by atoms with E-state index in [1.54, 1.807) is 12.1 Å². The van der Waals surface area contributed by atoms with Crippen LogP contribution >= 0.6 is 0 Å². The van der Waals surface area contributed by atoms with E-state index in [2.05, 4.69) is 9.97 Å². The lowest BCUT2D eigenvalue weighted by Crippen LogP contribution is -2.05. The van der Waals surface area contributed by atoms with E-state index in [4.69, 9.17) is 0 Å². The molecule has 0 aliphatic rings. The summed E-state index contributed by atoms with van der Waals surface area (Å²) in [6.45, 7) is 0. The maximum atomic E-state index is 11.1. The van der Waals surface area contributed by atoms with Gasteiger partial charge in [0.25, 0.3) is 0 Å². The fourth-order valence-corrected chi connectivity index (χ4v) is 2.24. The highest BCUT2D eigenvalue weighted by atomic mass is 16.3. The van der Waals surface area contributed by atoms with Crippen molar-refractivity contribution >= 4 is 0 Å². The minimum Gasteiger partial charge on any atom is -0.493 e. The highest BCUT2D eigenvalue weighted by Crippen LogP contribution is 2.27. The molecule has 0 spiro atoms. The molecular weight excluding hydrogens is 268 g/mol. The second-order valence-electron chi connectivity index (χ2n) is 4.73. The van der Waals surface area contributed by atoms with Gasteiger partial charge < -0.3 is 15.2 Å². The third-order valence-electron chi connectivity index (χ3n) is 3.34. The van der Waals surface area contributed by atoms with Crippen molar-refractivity contribution in [2.45, 2.75) is 6.10 Å². The van der Waals surface area contributed by atoms with E-state index in [0.29, 0.717) is 5.56 Å². The van der Waals surface area contributed by atoms with E-state index in [-0.39, 0.29) is 11.6 Å². The van der Waals surface area contributed by atoms with Crippen molar-refractivity contribution < 1.29 is 10.2 Å². The van der Waals surface area contributed by atoms with Crippen molar-refractivity contribution in [1.29, 1.82) is 0 Å². The maximum absolute atomic E-state index is 11.1. The summed E-state index contributed by atoms with van der Waals surface area (Å²) in [5.41, 5.74) is 2.20. The Labute approximate surface area is 120 Å². The van der Waals surface area contributed by atoms with Crippen LogP contribution in [-0.2, 0) is 0 Å². The number of imidazole rings is 1. The smallest absolute Gasteiger partial charge is 0.326 e. The van der Waals surface area contributed by atoms with Gasteiger partial charge in [-0.15, -0.1) is 0 Å². The van der Waals surface area contributed by atoms with Crippen LogP contribution in [0.2, 0.25) is 0 Å². The van der Waals surface area contributed by atoms with Crippen LogP contribution in [0.15, 0.2) is 59.4 Å². The third-order valence-corrected chi connectivity index (χ3v) is 3.34. The Morgan fingerprint density at radius 3 is 2.05 bits per heavy atom. The topological polar surface area (TPSA) is 89.1 Å². The largest absolute Gasteiger partial charge is 0.493 e. The fourth-order valence-electron chi connectivity index (χ4n) is 2.24. The Hall–Kier alpha value is -2.79. The lowest BCUT2D eigenvalue weighted by molar-refractivity contribution is 0.210. The molecule has 2 aromatic carbocycles. The first-order chi connectivity index (χ1) is 10.1. The molecule has 5 nitrogen and oxygen atoms in total. The van der Waals surface area contributed by atoms with Gasteiger partial charge in [0, 0.05) is 0 Å². The maximum Gasteiger partial charge on any atom is 0.326 e. The summed E-state index contributed by atoms with van der Waals surface area (Å²) in [4.78, 5) is 15.7. The molecule has 1 heterocycles. The van der Waals surface area contributed by atoms with E-state index >= 15 is 0 Å². The fraction of sp³-hybridized carbons (Fsp3) is 0.0625. The molecule has 21 heavy (non-hydrogen) atoms. The number of H-pyrrole nitrogens is 2. The predicted octanol–water partition coefficient (Wildman–Crippen LogP) is 2.16. The van der Waals surface area contributed by atoms with Crippen molar-refractivity contribution in [3.63, 3.8) is 0 Å². The number of nitrogens with one attached hydrogen (secondary N) is 2. The molecule has 0 aliphatic heterocycles. The van der Waals surface area contributed by atoms with Crippen molar-refractivity contribution in [1.82, 2.24) is 9.97 Å².